The molecule has 0 amide bonds. The summed E-state index contributed by atoms with van der Waals surface area (Å²) in [5.41, 5.74) is 0. The van der Waals surface area contributed by atoms with Gasteiger partial charge < -0.3 is 0 Å². The van der Waals surface area contributed by atoms with E-state index in [0.29, 0.717) is 0 Å². The second-order valence-electron chi connectivity index (χ2n) is 17.3. The molecule has 55 heavy (non-hydrogen) atoms. The number of hydrogen-bond acceptors (Lipinski definition) is 5. The average molecular weight is 993 g/mol. The van der Waals surface area contributed by atoms with E-state index in [9.17, 15) is 9.59 Å². The van der Waals surface area contributed by atoms with Gasteiger partial charge in [0.15, 0.2) is 0 Å². The van der Waals surface area contributed by atoms with E-state index in [0.717, 1.165) is 94.8 Å². The number of carbonyl (C=O) groups is 2. The van der Waals surface area contributed by atoms with Gasteiger partial charge in [-0.2, -0.15) is 0 Å². The molecule has 0 saturated heterocycles. The summed E-state index contributed by atoms with van der Waals surface area (Å²) >= 11 is -8.29. The Morgan fingerprint density at radius 2 is 0.582 bits per heavy atom. The van der Waals surface area contributed by atoms with Gasteiger partial charge in [0.05, 0.1) is 0 Å². The molecule has 7 heteroatoms. The zero-order valence-corrected chi connectivity index (χ0v) is 44.4. The molecule has 0 aliphatic carbocycles. The molecule has 0 aromatic rings. The second kappa shape index (κ2) is 38.7. The molecule has 328 valence electrons. The third-order valence-corrected chi connectivity index (χ3v) is 44.4. The first-order valence-corrected chi connectivity index (χ1v) is 37.6. The maximum atomic E-state index is 14.4. The van der Waals surface area contributed by atoms with Crippen LogP contribution in [0.2, 0.25) is 17.7 Å². The minimum absolute atomic E-state index is 0.0174. The van der Waals surface area contributed by atoms with E-state index in [2.05, 4.69) is 55.4 Å². The van der Waals surface area contributed by atoms with Gasteiger partial charge in [0, 0.05) is 0 Å². The van der Waals surface area contributed by atoms with Crippen molar-refractivity contribution in [3.05, 3.63) is 0 Å². The van der Waals surface area contributed by atoms with Crippen molar-refractivity contribution in [1.29, 1.82) is 0 Å². The zero-order chi connectivity index (χ0) is 40.9. The molecule has 0 spiro atoms. The molecular weight excluding hydrogens is 894 g/mol. The monoisotopic (exact) mass is 995 g/mol. The molecule has 2 atom stereocenters. The van der Waals surface area contributed by atoms with Crippen molar-refractivity contribution in [2.24, 2.45) is 11.8 Å². The summed E-state index contributed by atoms with van der Waals surface area (Å²) in [5, 5.41) is 0. The topological polar surface area (TPSA) is 61.8 Å². The quantitative estimate of drug-likeness (QED) is 0.0450. The Labute approximate surface area is 355 Å². The van der Waals surface area contributed by atoms with E-state index < -0.39 is 38.4 Å². The fourth-order valence-electron chi connectivity index (χ4n) is 8.15. The molecule has 0 fully saturated rings. The van der Waals surface area contributed by atoms with Crippen LogP contribution in [0.25, 0.3) is 0 Å². The fourth-order valence-corrected chi connectivity index (χ4v) is 48.5. The van der Waals surface area contributed by atoms with E-state index in [1.807, 2.05) is 0 Å². The van der Waals surface area contributed by atoms with E-state index in [4.69, 9.17) is 7.56 Å². The molecule has 0 aliphatic heterocycles. The van der Waals surface area contributed by atoms with Crippen molar-refractivity contribution in [3.8, 4) is 0 Å². The van der Waals surface area contributed by atoms with Crippen LogP contribution in [-0.2, 0) is 17.1 Å². The molecule has 0 heterocycles. The van der Waals surface area contributed by atoms with Gasteiger partial charge in [0.25, 0.3) is 0 Å². The average Bonchev–Trinajstić information content (AvgIpc) is 3.17. The van der Waals surface area contributed by atoms with E-state index in [1.54, 1.807) is 0 Å². The van der Waals surface area contributed by atoms with Crippen molar-refractivity contribution in [1.82, 2.24) is 0 Å². The zero-order valence-electron chi connectivity index (χ0n) is 38.7. The molecule has 2 unspecified atom stereocenters. The number of carbonyl (C=O) groups excluding carboxylic acids is 2. The minimum atomic E-state index is -4.15. The summed E-state index contributed by atoms with van der Waals surface area (Å²) in [7, 11) is 0. The van der Waals surface area contributed by atoms with Crippen LogP contribution in [0.3, 0.4) is 0 Å². The molecule has 0 aromatic carbocycles. The Morgan fingerprint density at radius 1 is 0.345 bits per heavy atom. The van der Waals surface area contributed by atoms with Gasteiger partial charge in [0.2, 0.25) is 0 Å². The Morgan fingerprint density at radius 3 is 0.818 bits per heavy atom. The third kappa shape index (κ3) is 28.6. The van der Waals surface area contributed by atoms with Crippen molar-refractivity contribution >= 4 is 50.3 Å². The van der Waals surface area contributed by atoms with Crippen molar-refractivity contribution in [2.75, 3.05) is 0 Å². The fraction of sp³-hybridized carbons (Fsp3) is 0.958. The van der Waals surface area contributed by atoms with Crippen molar-refractivity contribution < 1.29 is 17.1 Å². The van der Waals surface area contributed by atoms with E-state index in [1.165, 1.54) is 128 Å². The predicted octanol–water partition coefficient (Wildman–Crippen LogP) is 16.8. The normalized spacial score (nSPS) is 13.2. The van der Waals surface area contributed by atoms with Crippen LogP contribution in [0.1, 0.15) is 261 Å². The van der Waals surface area contributed by atoms with Gasteiger partial charge in [-0.1, -0.05) is 0 Å². The molecule has 0 radical (unpaired) electrons. The number of unbranched alkanes of at least 4 members (excludes halogenated alkanes) is 22. The summed E-state index contributed by atoms with van der Waals surface area (Å²) in [5.74, 6) is -0.0828. The first kappa shape index (κ1) is 55.5. The van der Waals surface area contributed by atoms with Crippen LogP contribution < -0.4 is 0 Å². The summed E-state index contributed by atoms with van der Waals surface area (Å²) in [6.07, 6.45) is 36.9. The second-order valence-corrected chi connectivity index (χ2v) is 39.1. The van der Waals surface area contributed by atoms with Gasteiger partial charge in [-0.05, 0) is 0 Å². The van der Waals surface area contributed by atoms with Crippen LogP contribution >= 0.6 is 0 Å². The molecule has 0 N–H and O–H groups in total. The van der Waals surface area contributed by atoms with Crippen LogP contribution in [0.4, 0.5) is 0 Å². The van der Waals surface area contributed by atoms with E-state index in [-0.39, 0.29) is 23.8 Å². The first-order chi connectivity index (χ1) is 26.8. The predicted molar refractivity (Wildman–Crippen MR) is 244 cm³/mol. The van der Waals surface area contributed by atoms with Crippen LogP contribution in [0.15, 0.2) is 0 Å². The van der Waals surface area contributed by atoms with Gasteiger partial charge >= 0.3 is 358 Å². The van der Waals surface area contributed by atoms with Crippen LogP contribution in [-0.4, -0.2) is 50.3 Å². The van der Waals surface area contributed by atoms with Crippen LogP contribution in [0, 0.1) is 11.8 Å². The summed E-state index contributed by atoms with van der Waals surface area (Å²) < 4.78 is 26.1. The molecule has 0 bridgehead atoms. The molecule has 0 aliphatic rings. The Hall–Kier alpha value is 0.497. The Bertz CT molecular complexity index is 767. The number of hydrogen-bond donors (Lipinski definition) is 0. The Balaban J connectivity index is 7.12. The molecule has 0 saturated carbocycles. The molecule has 0 aromatic heterocycles. The standard InChI is InChI=1S/2C8H16O2.4C8H17.O.2Sn/c2*1-3-5-6-7(4-2)8(9)10;4*1-3-5-7-8-6-4-2;;;/h2*7H,3-6H2,1-2H3,(H,9,10);4*1,3-8H2,2H3;;;/q;;;;;;;2*+1/p-2. The third-order valence-electron chi connectivity index (χ3n) is 12.1. The first-order valence-electron chi connectivity index (χ1n) is 24.9. The molecular formula is C48H98O5Sn2. The number of rotatable bonds is 42. The van der Waals surface area contributed by atoms with Gasteiger partial charge in [-0.15, -0.1) is 0 Å². The maximum absolute atomic E-state index is 14.4. The van der Waals surface area contributed by atoms with Gasteiger partial charge in [-0.25, -0.2) is 0 Å². The summed E-state index contributed by atoms with van der Waals surface area (Å²) in [4.78, 5) is 28.8. The SMILES string of the molecule is CCCCCCC[CH2][Sn]([CH2]CCCCCCC)([O]C(=O)C(CC)CCCC)[O][Sn]([CH2]CCCCCCC)([CH2]CCCCCCC)[O]C(=O)C(CC)CCCC. The summed E-state index contributed by atoms with van der Waals surface area (Å²) in [6.45, 7) is 17.9. The van der Waals surface area contributed by atoms with Crippen molar-refractivity contribution in [3.63, 3.8) is 0 Å². The van der Waals surface area contributed by atoms with Gasteiger partial charge in [-0.3, -0.25) is 0 Å². The molecule has 0 rings (SSSR count). The summed E-state index contributed by atoms with van der Waals surface area (Å²) in [6, 6.07) is 0. The van der Waals surface area contributed by atoms with Gasteiger partial charge in [0.1, 0.15) is 0 Å². The molecule has 5 nitrogen and oxygen atoms in total. The van der Waals surface area contributed by atoms with Crippen molar-refractivity contribution in [2.45, 2.75) is 279 Å². The van der Waals surface area contributed by atoms with Crippen LogP contribution in [0.5, 0.6) is 0 Å². The Kier molecular flexibility index (Phi) is 39.0. The van der Waals surface area contributed by atoms with E-state index >= 15 is 0 Å².